The van der Waals surface area contributed by atoms with E-state index in [1.807, 2.05) is 71.4 Å². The van der Waals surface area contributed by atoms with E-state index >= 15 is 0 Å². The molecule has 140 valence electrons. The molecule has 2 aromatic carbocycles. The average molecular weight is 370 g/mol. The van der Waals surface area contributed by atoms with Crippen molar-refractivity contribution in [1.82, 2.24) is 14.4 Å². The Morgan fingerprint density at radius 1 is 1.04 bits per heavy atom. The van der Waals surface area contributed by atoms with Crippen molar-refractivity contribution in [3.05, 3.63) is 84.3 Å². The van der Waals surface area contributed by atoms with Crippen LogP contribution in [0, 0.1) is 0 Å². The minimum absolute atomic E-state index is 0.0618. The highest BCUT2D eigenvalue weighted by Crippen LogP contribution is 2.24. The Kier molecular flexibility index (Phi) is 4.43. The maximum Gasteiger partial charge on any atom is 0.255 e. The highest BCUT2D eigenvalue weighted by molar-refractivity contribution is 6.04. The SMILES string of the molecule is CC(C)(C)c1ccc(C(=O)Nc2cccc(-c3cn4cccnc4n3)c2)cc1. The van der Waals surface area contributed by atoms with Crippen molar-refractivity contribution in [2.45, 2.75) is 26.2 Å². The molecule has 0 unspecified atom stereocenters. The van der Waals surface area contributed by atoms with Gasteiger partial charge in [-0.1, -0.05) is 45.0 Å². The third-order valence-corrected chi connectivity index (χ3v) is 4.66. The molecule has 2 heterocycles. The summed E-state index contributed by atoms with van der Waals surface area (Å²) >= 11 is 0. The Balaban J connectivity index is 1.55. The minimum Gasteiger partial charge on any atom is -0.322 e. The lowest BCUT2D eigenvalue weighted by atomic mass is 9.87. The Hall–Kier alpha value is -3.47. The van der Waals surface area contributed by atoms with Crippen LogP contribution in [0.3, 0.4) is 0 Å². The lowest BCUT2D eigenvalue weighted by Gasteiger charge is -2.19. The van der Waals surface area contributed by atoms with Crippen LogP contribution in [0.1, 0.15) is 36.7 Å². The molecule has 0 atom stereocenters. The van der Waals surface area contributed by atoms with E-state index in [-0.39, 0.29) is 11.3 Å². The van der Waals surface area contributed by atoms with Gasteiger partial charge >= 0.3 is 0 Å². The molecule has 0 aliphatic heterocycles. The van der Waals surface area contributed by atoms with Crippen LogP contribution in [-0.4, -0.2) is 20.3 Å². The summed E-state index contributed by atoms with van der Waals surface area (Å²) in [6.45, 7) is 6.47. The second-order valence-electron chi connectivity index (χ2n) is 7.82. The number of fused-ring (bicyclic) bond motifs is 1. The number of nitrogens with zero attached hydrogens (tertiary/aromatic N) is 3. The summed E-state index contributed by atoms with van der Waals surface area (Å²) in [6, 6.07) is 17.3. The van der Waals surface area contributed by atoms with Gasteiger partial charge in [0.15, 0.2) is 0 Å². The number of amides is 1. The van der Waals surface area contributed by atoms with E-state index in [0.717, 1.165) is 16.9 Å². The summed E-state index contributed by atoms with van der Waals surface area (Å²) in [5, 5.41) is 2.97. The van der Waals surface area contributed by atoms with Crippen LogP contribution >= 0.6 is 0 Å². The highest BCUT2D eigenvalue weighted by atomic mass is 16.1. The van der Waals surface area contributed by atoms with Crippen molar-refractivity contribution < 1.29 is 4.79 Å². The normalized spacial score (nSPS) is 11.5. The fraction of sp³-hybridized carbons (Fsp3) is 0.174. The van der Waals surface area contributed by atoms with Gasteiger partial charge in [0.1, 0.15) is 0 Å². The Labute approximate surface area is 164 Å². The number of hydrogen-bond acceptors (Lipinski definition) is 3. The van der Waals surface area contributed by atoms with Gasteiger partial charge in [-0.25, -0.2) is 9.97 Å². The third kappa shape index (κ3) is 3.64. The molecule has 0 aliphatic rings. The first-order valence-corrected chi connectivity index (χ1v) is 9.22. The van der Waals surface area contributed by atoms with Crippen molar-refractivity contribution >= 4 is 17.4 Å². The van der Waals surface area contributed by atoms with Crippen LogP contribution in [0.2, 0.25) is 0 Å². The molecule has 5 heteroatoms. The van der Waals surface area contributed by atoms with E-state index in [1.165, 1.54) is 5.56 Å². The van der Waals surface area contributed by atoms with E-state index in [4.69, 9.17) is 0 Å². The van der Waals surface area contributed by atoms with Gasteiger partial charge < -0.3 is 5.32 Å². The molecule has 0 spiro atoms. The Bertz CT molecular complexity index is 1100. The number of imidazole rings is 1. The maximum atomic E-state index is 12.6. The van der Waals surface area contributed by atoms with Gasteiger partial charge in [0.2, 0.25) is 5.78 Å². The van der Waals surface area contributed by atoms with Gasteiger partial charge in [0, 0.05) is 35.4 Å². The summed E-state index contributed by atoms with van der Waals surface area (Å²) < 4.78 is 1.87. The molecule has 0 saturated carbocycles. The number of anilines is 1. The molecule has 5 nitrogen and oxygen atoms in total. The lowest BCUT2D eigenvalue weighted by Crippen LogP contribution is -2.14. The van der Waals surface area contributed by atoms with E-state index in [2.05, 4.69) is 36.1 Å². The zero-order valence-electron chi connectivity index (χ0n) is 16.2. The van der Waals surface area contributed by atoms with Crippen molar-refractivity contribution in [2.75, 3.05) is 5.32 Å². The Morgan fingerprint density at radius 3 is 2.54 bits per heavy atom. The number of carbonyl (C=O) groups excluding carboxylic acids is 1. The van der Waals surface area contributed by atoms with Crippen molar-refractivity contribution in [3.63, 3.8) is 0 Å². The Morgan fingerprint density at radius 2 is 1.82 bits per heavy atom. The lowest BCUT2D eigenvalue weighted by molar-refractivity contribution is 0.102. The van der Waals surface area contributed by atoms with Crippen LogP contribution in [0.4, 0.5) is 5.69 Å². The van der Waals surface area contributed by atoms with Crippen LogP contribution in [0.5, 0.6) is 0 Å². The zero-order valence-corrected chi connectivity index (χ0v) is 16.2. The molecule has 0 aliphatic carbocycles. The second-order valence-corrected chi connectivity index (χ2v) is 7.82. The second kappa shape index (κ2) is 6.93. The van der Waals surface area contributed by atoms with E-state index in [1.54, 1.807) is 6.20 Å². The van der Waals surface area contributed by atoms with E-state index < -0.39 is 0 Å². The van der Waals surface area contributed by atoms with E-state index in [0.29, 0.717) is 11.3 Å². The van der Waals surface area contributed by atoms with Gasteiger partial charge in [-0.3, -0.25) is 9.20 Å². The van der Waals surface area contributed by atoms with Crippen LogP contribution in [0.15, 0.2) is 73.2 Å². The minimum atomic E-state index is -0.130. The monoisotopic (exact) mass is 370 g/mol. The van der Waals surface area contributed by atoms with Crippen LogP contribution < -0.4 is 5.32 Å². The quantitative estimate of drug-likeness (QED) is 0.555. The standard InChI is InChI=1S/C23H22N4O/c1-23(2,3)18-10-8-16(9-11-18)21(28)25-19-7-4-6-17(14-19)20-15-27-13-5-12-24-22(27)26-20/h4-15H,1-3H3,(H,25,28). The first-order valence-electron chi connectivity index (χ1n) is 9.22. The topological polar surface area (TPSA) is 59.3 Å². The summed E-state index contributed by atoms with van der Waals surface area (Å²) in [6.07, 6.45) is 5.55. The number of aromatic nitrogens is 3. The fourth-order valence-electron chi connectivity index (χ4n) is 3.05. The predicted molar refractivity (Wildman–Crippen MR) is 112 cm³/mol. The van der Waals surface area contributed by atoms with Crippen LogP contribution in [0.25, 0.3) is 17.0 Å². The number of hydrogen-bond donors (Lipinski definition) is 1. The molecular formula is C23H22N4O. The van der Waals surface area contributed by atoms with Gasteiger partial charge in [0.05, 0.1) is 5.69 Å². The van der Waals surface area contributed by atoms with Crippen molar-refractivity contribution in [3.8, 4) is 11.3 Å². The fourth-order valence-corrected chi connectivity index (χ4v) is 3.05. The first kappa shape index (κ1) is 17.9. The number of nitrogens with one attached hydrogen (secondary N) is 1. The molecule has 4 rings (SSSR count). The summed E-state index contributed by atoms with van der Waals surface area (Å²) in [4.78, 5) is 21.4. The smallest absolute Gasteiger partial charge is 0.255 e. The van der Waals surface area contributed by atoms with Gasteiger partial charge in [-0.05, 0) is 41.3 Å². The molecule has 4 aromatic rings. The number of rotatable bonds is 3. The molecule has 0 fully saturated rings. The summed E-state index contributed by atoms with van der Waals surface area (Å²) in [5.41, 5.74) is 4.36. The molecule has 0 radical (unpaired) electrons. The molecule has 0 bridgehead atoms. The molecule has 1 amide bonds. The summed E-state index contributed by atoms with van der Waals surface area (Å²) in [7, 11) is 0. The van der Waals surface area contributed by atoms with Gasteiger partial charge in [-0.2, -0.15) is 0 Å². The first-order chi connectivity index (χ1) is 13.4. The largest absolute Gasteiger partial charge is 0.322 e. The highest BCUT2D eigenvalue weighted by Gasteiger charge is 2.14. The summed E-state index contributed by atoms with van der Waals surface area (Å²) in [5.74, 6) is 0.514. The van der Waals surface area contributed by atoms with Crippen molar-refractivity contribution in [1.29, 1.82) is 0 Å². The molecule has 28 heavy (non-hydrogen) atoms. The maximum absolute atomic E-state index is 12.6. The predicted octanol–water partition coefficient (Wildman–Crippen LogP) is 4.95. The van der Waals surface area contributed by atoms with E-state index in [9.17, 15) is 4.79 Å². The van der Waals surface area contributed by atoms with Crippen molar-refractivity contribution in [2.24, 2.45) is 0 Å². The van der Waals surface area contributed by atoms with Gasteiger partial charge in [0.25, 0.3) is 5.91 Å². The number of benzene rings is 2. The zero-order chi connectivity index (χ0) is 19.7. The average Bonchev–Trinajstić information content (AvgIpc) is 3.12. The molecule has 1 N–H and O–H groups in total. The molecule has 2 aromatic heterocycles. The van der Waals surface area contributed by atoms with Gasteiger partial charge in [-0.15, -0.1) is 0 Å². The van der Waals surface area contributed by atoms with Crippen LogP contribution in [-0.2, 0) is 5.41 Å². The molecular weight excluding hydrogens is 348 g/mol. The number of carbonyl (C=O) groups is 1. The molecule has 0 saturated heterocycles. The third-order valence-electron chi connectivity index (χ3n) is 4.66.